The Balaban J connectivity index is 2.65. The third-order valence-corrected chi connectivity index (χ3v) is 3.18. The van der Waals surface area contributed by atoms with E-state index in [1.165, 1.54) is 0 Å². The zero-order valence-electron chi connectivity index (χ0n) is 14.5. The van der Waals surface area contributed by atoms with Crippen molar-refractivity contribution in [3.05, 3.63) is 11.9 Å². The smallest absolute Gasteiger partial charge is 0.361 e. The maximum absolute atomic E-state index is 12.1. The number of nitrogens with zero attached hydrogens (tertiary/aromatic N) is 3. The molecule has 1 heterocycles. The lowest BCUT2D eigenvalue weighted by Gasteiger charge is -2.12. The molecule has 1 aromatic heterocycles. The minimum absolute atomic E-state index is 0.196. The van der Waals surface area contributed by atoms with Crippen LogP contribution in [-0.2, 0) is 11.3 Å². The maximum atomic E-state index is 12.1. The fraction of sp³-hybridized carbons (Fsp3) is 0.667. The summed E-state index contributed by atoms with van der Waals surface area (Å²) in [5, 5.41) is 10.9. The highest BCUT2D eigenvalue weighted by Gasteiger charge is 2.19. The van der Waals surface area contributed by atoms with Gasteiger partial charge in [0.05, 0.1) is 11.8 Å². The average Bonchev–Trinajstić information content (AvgIpc) is 2.85. The Bertz CT molecular complexity index is 528. The lowest BCUT2D eigenvalue weighted by atomic mass is 10.3. The fourth-order valence-electron chi connectivity index (χ4n) is 1.86. The summed E-state index contributed by atoms with van der Waals surface area (Å²) < 4.78 is 6.89. The minimum atomic E-state index is -0.454. The molecule has 1 aromatic rings. The summed E-state index contributed by atoms with van der Waals surface area (Å²) in [7, 11) is 4.06. The van der Waals surface area contributed by atoms with Gasteiger partial charge in [-0.25, -0.2) is 4.79 Å². The van der Waals surface area contributed by atoms with Crippen molar-refractivity contribution in [1.29, 1.82) is 0 Å². The fourth-order valence-corrected chi connectivity index (χ4v) is 2.07. The normalized spacial score (nSPS) is 10.9. The number of aryl methyl sites for hydroxylation is 1. The molecule has 2 N–H and O–H groups in total. The molecular weight excluding hydrogens is 314 g/mol. The zero-order chi connectivity index (χ0) is 17.4. The quantitative estimate of drug-likeness (QED) is 0.424. The standard InChI is InChI=1S/C15H27N5O2S/c1-6-20-10-12(13(18-20)14(21)22-11(2)3)17-15(23)16-8-7-9-19(4)5/h10-11H,6-9H2,1-5H3,(H2,16,17,23). The third kappa shape index (κ3) is 6.96. The lowest BCUT2D eigenvalue weighted by Crippen LogP contribution is -2.31. The van der Waals surface area contributed by atoms with Crippen molar-refractivity contribution in [3.63, 3.8) is 0 Å². The van der Waals surface area contributed by atoms with Gasteiger partial charge < -0.3 is 20.3 Å². The van der Waals surface area contributed by atoms with E-state index in [1.54, 1.807) is 24.7 Å². The van der Waals surface area contributed by atoms with E-state index in [2.05, 4.69) is 20.6 Å². The Morgan fingerprint density at radius 2 is 2.17 bits per heavy atom. The number of hydrogen-bond donors (Lipinski definition) is 2. The molecule has 0 atom stereocenters. The largest absolute Gasteiger partial charge is 0.458 e. The number of hydrogen-bond acceptors (Lipinski definition) is 5. The van der Waals surface area contributed by atoms with Crippen molar-refractivity contribution in [2.45, 2.75) is 39.8 Å². The highest BCUT2D eigenvalue weighted by molar-refractivity contribution is 7.80. The van der Waals surface area contributed by atoms with Crippen LogP contribution in [0.25, 0.3) is 0 Å². The van der Waals surface area contributed by atoms with Crippen LogP contribution in [0, 0.1) is 0 Å². The number of carbonyl (C=O) groups is 1. The van der Waals surface area contributed by atoms with Crippen LogP contribution >= 0.6 is 12.2 Å². The van der Waals surface area contributed by atoms with Crippen LogP contribution in [0.4, 0.5) is 5.69 Å². The van der Waals surface area contributed by atoms with Gasteiger partial charge in [-0.3, -0.25) is 4.68 Å². The first-order valence-corrected chi connectivity index (χ1v) is 8.22. The summed E-state index contributed by atoms with van der Waals surface area (Å²) in [5.74, 6) is -0.454. The van der Waals surface area contributed by atoms with Crippen LogP contribution in [0.1, 0.15) is 37.7 Å². The number of ether oxygens (including phenoxy) is 1. The van der Waals surface area contributed by atoms with Crippen LogP contribution in [0.2, 0.25) is 0 Å². The Hall–Kier alpha value is -1.67. The average molecular weight is 341 g/mol. The van der Waals surface area contributed by atoms with Crippen molar-refractivity contribution in [1.82, 2.24) is 20.0 Å². The van der Waals surface area contributed by atoms with Gasteiger partial charge in [-0.15, -0.1) is 0 Å². The molecular formula is C15H27N5O2S. The number of carbonyl (C=O) groups excluding carboxylic acids is 1. The second kappa shape index (κ2) is 9.46. The number of rotatable bonds is 8. The summed E-state index contributed by atoms with van der Waals surface area (Å²) in [5.41, 5.74) is 0.806. The van der Waals surface area contributed by atoms with Crippen LogP contribution in [0.5, 0.6) is 0 Å². The van der Waals surface area contributed by atoms with E-state index in [9.17, 15) is 4.79 Å². The molecule has 0 amide bonds. The highest BCUT2D eigenvalue weighted by atomic mass is 32.1. The predicted molar refractivity (Wildman–Crippen MR) is 95.8 cm³/mol. The van der Waals surface area contributed by atoms with Gasteiger partial charge in [-0.2, -0.15) is 5.10 Å². The molecule has 0 aliphatic carbocycles. The maximum Gasteiger partial charge on any atom is 0.361 e. The predicted octanol–water partition coefficient (Wildman–Crippen LogP) is 1.71. The summed E-state index contributed by atoms with van der Waals surface area (Å²) in [6.07, 6.45) is 2.54. The van der Waals surface area contributed by atoms with Crippen molar-refractivity contribution in [2.24, 2.45) is 0 Å². The van der Waals surface area contributed by atoms with Gasteiger partial charge in [-0.1, -0.05) is 0 Å². The number of thiocarbonyl (C=S) groups is 1. The van der Waals surface area contributed by atoms with Crippen molar-refractivity contribution in [2.75, 3.05) is 32.5 Å². The number of aromatic nitrogens is 2. The molecule has 0 spiro atoms. The van der Waals surface area contributed by atoms with Crippen molar-refractivity contribution in [3.8, 4) is 0 Å². The van der Waals surface area contributed by atoms with Crippen LogP contribution in [0.15, 0.2) is 6.20 Å². The summed E-state index contributed by atoms with van der Waals surface area (Å²) in [6.45, 7) is 7.96. The Kier molecular flexibility index (Phi) is 7.97. The van der Waals surface area contributed by atoms with Gasteiger partial charge in [0.25, 0.3) is 0 Å². The van der Waals surface area contributed by atoms with Crippen LogP contribution < -0.4 is 10.6 Å². The first-order valence-electron chi connectivity index (χ1n) is 7.81. The highest BCUT2D eigenvalue weighted by Crippen LogP contribution is 2.16. The van der Waals surface area contributed by atoms with Crippen molar-refractivity contribution >= 4 is 29.0 Å². The van der Waals surface area contributed by atoms with Gasteiger partial charge in [0, 0.05) is 19.3 Å². The molecule has 0 unspecified atom stereocenters. The van der Waals surface area contributed by atoms with E-state index >= 15 is 0 Å². The molecule has 130 valence electrons. The lowest BCUT2D eigenvalue weighted by molar-refractivity contribution is 0.0371. The Morgan fingerprint density at radius 3 is 2.74 bits per heavy atom. The first-order chi connectivity index (χ1) is 10.8. The molecule has 8 heteroatoms. The molecule has 23 heavy (non-hydrogen) atoms. The van der Waals surface area contributed by atoms with Gasteiger partial charge in [0.15, 0.2) is 10.8 Å². The first kappa shape index (κ1) is 19.4. The molecule has 7 nitrogen and oxygen atoms in total. The van der Waals surface area contributed by atoms with Gasteiger partial charge >= 0.3 is 5.97 Å². The Labute approximate surface area is 143 Å². The van der Waals surface area contributed by atoms with E-state index in [4.69, 9.17) is 17.0 Å². The van der Waals surface area contributed by atoms with Crippen LogP contribution in [-0.4, -0.2) is 59.1 Å². The van der Waals surface area contributed by atoms with E-state index < -0.39 is 5.97 Å². The van der Waals surface area contributed by atoms with Crippen LogP contribution in [0.3, 0.4) is 0 Å². The SMILES string of the molecule is CCn1cc(NC(=S)NCCCN(C)C)c(C(=O)OC(C)C)n1. The number of esters is 1. The van der Waals surface area contributed by atoms with E-state index in [0.717, 1.165) is 19.5 Å². The summed E-state index contributed by atoms with van der Waals surface area (Å²) in [6, 6.07) is 0. The molecule has 1 rings (SSSR count). The van der Waals surface area contributed by atoms with E-state index in [1.807, 2.05) is 21.0 Å². The molecule has 0 aromatic carbocycles. The molecule has 0 bridgehead atoms. The van der Waals surface area contributed by atoms with Gasteiger partial charge in [0.1, 0.15) is 0 Å². The second-order valence-corrected chi connectivity index (χ2v) is 6.15. The summed E-state index contributed by atoms with van der Waals surface area (Å²) in [4.78, 5) is 14.2. The number of nitrogens with one attached hydrogen (secondary N) is 2. The molecule has 0 radical (unpaired) electrons. The molecule has 0 saturated carbocycles. The van der Waals surface area contributed by atoms with E-state index in [-0.39, 0.29) is 11.8 Å². The van der Waals surface area contributed by atoms with E-state index in [0.29, 0.717) is 17.3 Å². The van der Waals surface area contributed by atoms with Crippen molar-refractivity contribution < 1.29 is 9.53 Å². The minimum Gasteiger partial charge on any atom is -0.458 e. The topological polar surface area (TPSA) is 71.4 Å². The zero-order valence-corrected chi connectivity index (χ0v) is 15.4. The van der Waals surface area contributed by atoms with Gasteiger partial charge in [0.2, 0.25) is 0 Å². The summed E-state index contributed by atoms with van der Waals surface area (Å²) >= 11 is 5.27. The molecule has 0 fully saturated rings. The molecule has 0 saturated heterocycles. The second-order valence-electron chi connectivity index (χ2n) is 5.74. The molecule has 0 aliphatic heterocycles. The monoisotopic (exact) mass is 341 g/mol. The number of anilines is 1. The third-order valence-electron chi connectivity index (χ3n) is 2.94. The molecule has 0 aliphatic rings. The van der Waals surface area contributed by atoms with Gasteiger partial charge in [-0.05, 0) is 60.1 Å². The Morgan fingerprint density at radius 1 is 1.48 bits per heavy atom.